The summed E-state index contributed by atoms with van der Waals surface area (Å²) in [5, 5.41) is 0. The van der Waals surface area contributed by atoms with Crippen molar-refractivity contribution in [2.75, 3.05) is 19.8 Å². The van der Waals surface area contributed by atoms with Gasteiger partial charge in [-0.25, -0.2) is 0 Å². The molecule has 0 atom stereocenters. The Morgan fingerprint density at radius 3 is 0.603 bits per heavy atom. The van der Waals surface area contributed by atoms with E-state index in [-0.39, 0.29) is 0 Å². The Morgan fingerprint density at radius 2 is 0.410 bits per heavy atom. The van der Waals surface area contributed by atoms with E-state index in [1.807, 2.05) is 0 Å². The van der Waals surface area contributed by atoms with E-state index in [0.717, 1.165) is 106 Å². The largest absolute Gasteiger partial charge is 0.494 e. The molecule has 0 aliphatic rings. The normalized spacial score (nSPS) is 11.9. The van der Waals surface area contributed by atoms with Crippen molar-refractivity contribution in [2.45, 2.75) is 119 Å². The van der Waals surface area contributed by atoms with Gasteiger partial charge < -0.3 is 14.2 Å². The van der Waals surface area contributed by atoms with E-state index in [1.54, 1.807) is 0 Å². The van der Waals surface area contributed by atoms with E-state index in [0.29, 0.717) is 0 Å². The fourth-order valence-corrected chi connectivity index (χ4v) is 9.48. The van der Waals surface area contributed by atoms with Crippen LogP contribution in [0.25, 0.3) is 72.9 Å². The maximum atomic E-state index is 5.96. The molecule has 0 heterocycles. The van der Waals surface area contributed by atoms with Gasteiger partial charge in [-0.05, 0) is 160 Å². The summed E-state index contributed by atoms with van der Waals surface area (Å²) in [5.74, 6) is 2.80. The number of ether oxygens (including phenoxy) is 3. The average Bonchev–Trinajstić information content (AvgIpc) is 3.55. The molecule has 0 saturated carbocycles. The lowest BCUT2D eigenvalue weighted by Crippen LogP contribution is -2.00. The van der Waals surface area contributed by atoms with Crippen LogP contribution < -0.4 is 14.2 Å². The number of hydrogen-bond donors (Lipinski definition) is 0. The predicted molar refractivity (Wildman–Crippen MR) is 342 cm³/mol. The molecule has 7 aromatic carbocycles. The van der Waals surface area contributed by atoms with Crippen LogP contribution in [0.3, 0.4) is 0 Å². The molecular formula is C75H84O3. The minimum absolute atomic E-state index is 0.776. The Morgan fingerprint density at radius 1 is 0.231 bits per heavy atom. The molecule has 3 heteroatoms. The quantitative estimate of drug-likeness (QED) is 0.0332. The van der Waals surface area contributed by atoms with Gasteiger partial charge in [-0.2, -0.15) is 0 Å². The highest BCUT2D eigenvalue weighted by Gasteiger charge is 2.13. The van der Waals surface area contributed by atoms with Gasteiger partial charge in [0.2, 0.25) is 0 Å². The first-order valence-corrected chi connectivity index (χ1v) is 29.0. The summed E-state index contributed by atoms with van der Waals surface area (Å²) in [6.07, 6.45) is 41.1. The zero-order valence-electron chi connectivity index (χ0n) is 47.6. The maximum Gasteiger partial charge on any atom is 0.119 e. The molecule has 0 unspecified atom stereocenters. The zero-order valence-corrected chi connectivity index (χ0v) is 47.6. The lowest BCUT2D eigenvalue weighted by molar-refractivity contribution is 0.305. The van der Waals surface area contributed by atoms with E-state index in [4.69, 9.17) is 14.2 Å². The molecule has 7 rings (SSSR count). The second kappa shape index (κ2) is 32.2. The monoisotopic (exact) mass is 1030 g/mol. The lowest BCUT2D eigenvalue weighted by atomic mass is 9.87. The molecule has 0 aliphatic carbocycles. The summed E-state index contributed by atoms with van der Waals surface area (Å²) < 4.78 is 17.9. The van der Waals surface area contributed by atoms with Gasteiger partial charge in [-0.1, -0.05) is 261 Å². The molecule has 0 bridgehead atoms. The smallest absolute Gasteiger partial charge is 0.119 e. The number of rotatable bonds is 30. The maximum absolute atomic E-state index is 5.96. The van der Waals surface area contributed by atoms with Gasteiger partial charge in [0.25, 0.3) is 0 Å². The summed E-state index contributed by atoms with van der Waals surface area (Å²) >= 11 is 0. The minimum atomic E-state index is 0.776. The Labute approximate surface area is 469 Å². The van der Waals surface area contributed by atoms with Crippen molar-refractivity contribution in [2.24, 2.45) is 0 Å². The lowest BCUT2D eigenvalue weighted by Gasteiger charge is -2.18. The van der Waals surface area contributed by atoms with Crippen molar-refractivity contribution in [3.63, 3.8) is 0 Å². The SMILES string of the molecule is CCCCCCOc1ccc(/C=C/c2ccc(/C=C/c3c(C)c(/C=C/c4ccc(/C=C/c5ccc(OCCCCCC)cc5)cc4)c(C)c(/C=C/c4ccc(/C=C/c5ccc(OCCCCCC)cc5)cc4)c3C)cc2)cc1. The summed E-state index contributed by atoms with van der Waals surface area (Å²) in [5.41, 5.74) is 17.9. The molecule has 3 nitrogen and oxygen atoms in total. The molecule has 78 heavy (non-hydrogen) atoms. The Balaban J connectivity index is 1.06. The van der Waals surface area contributed by atoms with Crippen molar-refractivity contribution in [3.8, 4) is 17.2 Å². The van der Waals surface area contributed by atoms with Crippen LogP contribution in [0.5, 0.6) is 17.2 Å². The molecule has 7 aromatic rings. The minimum Gasteiger partial charge on any atom is -0.494 e. The molecule has 0 aromatic heterocycles. The highest BCUT2D eigenvalue weighted by atomic mass is 16.5. The molecule has 0 fully saturated rings. The van der Waals surface area contributed by atoms with Gasteiger partial charge in [0.15, 0.2) is 0 Å². The first-order valence-electron chi connectivity index (χ1n) is 29.0. The summed E-state index contributed by atoms with van der Waals surface area (Å²) in [6, 6.07) is 51.5. The molecule has 0 N–H and O–H groups in total. The summed E-state index contributed by atoms with van der Waals surface area (Å²) in [4.78, 5) is 0. The van der Waals surface area contributed by atoms with Crippen molar-refractivity contribution in [1.29, 1.82) is 0 Å². The van der Waals surface area contributed by atoms with Crippen LogP contribution in [-0.2, 0) is 0 Å². The first-order chi connectivity index (χ1) is 38.3. The zero-order chi connectivity index (χ0) is 54.6. The van der Waals surface area contributed by atoms with Gasteiger partial charge in [-0.3, -0.25) is 0 Å². The average molecular weight is 1030 g/mol. The third-order valence-electron chi connectivity index (χ3n) is 14.4. The Hall–Kier alpha value is -7.62. The van der Waals surface area contributed by atoms with Crippen LogP contribution in [0, 0.1) is 20.8 Å². The second-order valence-electron chi connectivity index (χ2n) is 20.6. The fraction of sp³-hybridized carbons (Fsp3) is 0.280. The van der Waals surface area contributed by atoms with Crippen LogP contribution in [-0.4, -0.2) is 19.8 Å². The van der Waals surface area contributed by atoms with E-state index in [2.05, 4.69) is 260 Å². The van der Waals surface area contributed by atoms with E-state index in [1.165, 1.54) is 91.2 Å². The predicted octanol–water partition coefficient (Wildman–Crippen LogP) is 21.5. The molecule has 0 aliphatic heterocycles. The Kier molecular flexibility index (Phi) is 24.0. The highest BCUT2D eigenvalue weighted by Crippen LogP contribution is 2.32. The summed E-state index contributed by atoms with van der Waals surface area (Å²) in [7, 11) is 0. The van der Waals surface area contributed by atoms with Crippen LogP contribution in [0.1, 0.15) is 181 Å². The van der Waals surface area contributed by atoms with Gasteiger partial charge in [0, 0.05) is 0 Å². The van der Waals surface area contributed by atoms with Crippen molar-refractivity contribution >= 4 is 72.9 Å². The number of benzene rings is 7. The van der Waals surface area contributed by atoms with E-state index in [9.17, 15) is 0 Å². The molecule has 0 radical (unpaired) electrons. The fourth-order valence-electron chi connectivity index (χ4n) is 9.48. The van der Waals surface area contributed by atoms with Crippen molar-refractivity contribution < 1.29 is 14.2 Å². The standard InChI is InChI=1S/C75H84O3/c1-7-10-13-16-55-76-70-46-37-67(38-47-70)34-25-61-19-28-64(29-20-61)43-52-73-58(4)74(53-44-65-30-21-62(22-31-65)26-35-68-39-48-71(49-40-68)77-56-17-14-11-8-2)60(6)75(59(73)5)54-45-66-32-23-63(24-33-66)27-36-69-41-50-72(51-42-69)78-57-18-15-12-9-3/h19-54H,7-18,55-57H2,1-6H3/b34-25+,35-26+,36-27+,52-43+,53-44+,54-45+. The third-order valence-corrected chi connectivity index (χ3v) is 14.4. The summed E-state index contributed by atoms with van der Waals surface area (Å²) in [6.45, 7) is 15.8. The van der Waals surface area contributed by atoms with Crippen LogP contribution in [0.2, 0.25) is 0 Å². The van der Waals surface area contributed by atoms with Crippen molar-refractivity contribution in [1.82, 2.24) is 0 Å². The Bertz CT molecular complexity index is 2700. The van der Waals surface area contributed by atoms with E-state index >= 15 is 0 Å². The molecule has 0 spiro atoms. The molecule has 402 valence electrons. The van der Waals surface area contributed by atoms with Crippen LogP contribution in [0.4, 0.5) is 0 Å². The first kappa shape index (κ1) is 58.1. The second-order valence-corrected chi connectivity index (χ2v) is 20.6. The highest BCUT2D eigenvalue weighted by molar-refractivity contribution is 5.86. The van der Waals surface area contributed by atoms with Crippen LogP contribution in [0.15, 0.2) is 146 Å². The molecule has 0 saturated heterocycles. The third kappa shape index (κ3) is 19.1. The van der Waals surface area contributed by atoms with Crippen LogP contribution >= 0.6 is 0 Å². The number of unbranched alkanes of at least 4 members (excludes halogenated alkanes) is 9. The van der Waals surface area contributed by atoms with Gasteiger partial charge >= 0.3 is 0 Å². The number of hydrogen-bond acceptors (Lipinski definition) is 3. The van der Waals surface area contributed by atoms with Gasteiger partial charge in [0.1, 0.15) is 17.2 Å². The van der Waals surface area contributed by atoms with Gasteiger partial charge in [-0.15, -0.1) is 0 Å². The van der Waals surface area contributed by atoms with E-state index < -0.39 is 0 Å². The van der Waals surface area contributed by atoms with Crippen molar-refractivity contribution in [3.05, 3.63) is 229 Å². The molecular weight excluding hydrogens is 949 g/mol. The molecule has 0 amide bonds. The topological polar surface area (TPSA) is 27.7 Å². The van der Waals surface area contributed by atoms with Gasteiger partial charge in [0.05, 0.1) is 19.8 Å².